The van der Waals surface area contributed by atoms with E-state index in [1.165, 1.54) is 70.6 Å². The van der Waals surface area contributed by atoms with Crippen LogP contribution >= 0.6 is 7.82 Å². The summed E-state index contributed by atoms with van der Waals surface area (Å²) in [6.07, 6.45) is 50.2. The average Bonchev–Trinajstić information content (AvgIpc) is 3.22. The SMILES string of the molecule is CC/C=C\C/C=C\C/C=C\C/C=C\CCCCC(=O)OC(COC(=O)CCCCCCCCCCC/C=C\C/C=C\CCCCCCC)COP(=O)(O)OCC(O)CO. The van der Waals surface area contributed by atoms with Crippen molar-refractivity contribution >= 4 is 19.8 Å². The fraction of sp³-hybridized carbons (Fsp3) is 0.708. The first-order chi connectivity index (χ1) is 28.7. The standard InChI is InChI=1S/C48H83O10P/c1-3-5-7-9-11-13-15-17-19-20-21-22-23-24-26-27-29-31-33-35-37-39-47(51)55-43-46(44-57-59(53,54)56-42-45(50)41-49)58-48(52)40-38-36-34-32-30-28-25-18-16-14-12-10-8-6-4-2/h6,8,12,14-15,17-18,20-21,25,30,32,45-46,49-50H,3-5,7,9-11,13,16,19,22-24,26-29,31,33-44H2,1-2H3,(H,53,54)/b8-6-,14-12-,17-15-,21-20-,25-18-,32-30-. The van der Waals surface area contributed by atoms with Crippen LogP contribution in [0.4, 0.5) is 0 Å². The van der Waals surface area contributed by atoms with E-state index in [0.29, 0.717) is 12.8 Å². The van der Waals surface area contributed by atoms with E-state index in [1.807, 2.05) is 0 Å². The van der Waals surface area contributed by atoms with E-state index in [1.54, 1.807) is 0 Å². The Bertz CT molecular complexity index is 1210. The van der Waals surface area contributed by atoms with Crippen molar-refractivity contribution in [2.45, 2.75) is 193 Å². The van der Waals surface area contributed by atoms with Crippen molar-refractivity contribution in [3.05, 3.63) is 72.9 Å². The molecule has 0 saturated heterocycles. The fourth-order valence-corrected chi connectivity index (χ4v) is 6.63. The highest BCUT2D eigenvalue weighted by Crippen LogP contribution is 2.43. The van der Waals surface area contributed by atoms with Gasteiger partial charge in [0.2, 0.25) is 0 Å². The Kier molecular flexibility index (Phi) is 41.6. The topological polar surface area (TPSA) is 149 Å². The smallest absolute Gasteiger partial charge is 0.462 e. The maximum atomic E-state index is 12.6. The third-order valence-corrected chi connectivity index (χ3v) is 10.3. The molecule has 0 spiro atoms. The Morgan fingerprint density at radius 3 is 1.44 bits per heavy atom. The van der Waals surface area contributed by atoms with E-state index in [4.69, 9.17) is 19.1 Å². The van der Waals surface area contributed by atoms with Crippen molar-refractivity contribution in [2.75, 3.05) is 26.4 Å². The van der Waals surface area contributed by atoms with Gasteiger partial charge in [0, 0.05) is 12.8 Å². The molecule has 340 valence electrons. The number of phosphoric ester groups is 1. The average molecular weight is 851 g/mol. The molecule has 3 N–H and O–H groups in total. The first-order valence-electron chi connectivity index (χ1n) is 22.9. The summed E-state index contributed by atoms with van der Waals surface area (Å²) >= 11 is 0. The molecule has 10 nitrogen and oxygen atoms in total. The maximum absolute atomic E-state index is 12.6. The number of ether oxygens (including phenoxy) is 2. The van der Waals surface area contributed by atoms with Gasteiger partial charge >= 0.3 is 19.8 Å². The van der Waals surface area contributed by atoms with Crippen molar-refractivity contribution in [1.82, 2.24) is 0 Å². The van der Waals surface area contributed by atoms with E-state index in [0.717, 1.165) is 70.6 Å². The predicted octanol–water partition coefficient (Wildman–Crippen LogP) is 12.4. The van der Waals surface area contributed by atoms with Crippen molar-refractivity contribution in [2.24, 2.45) is 0 Å². The minimum atomic E-state index is -4.64. The Morgan fingerprint density at radius 2 is 0.932 bits per heavy atom. The molecule has 0 aromatic heterocycles. The lowest BCUT2D eigenvalue weighted by Crippen LogP contribution is -2.29. The molecule has 0 heterocycles. The third kappa shape index (κ3) is 43.3. The van der Waals surface area contributed by atoms with Crippen LogP contribution in [0.15, 0.2) is 72.9 Å². The molecule has 0 aliphatic heterocycles. The normalized spacial score (nSPS) is 14.5. The Labute approximate surface area is 358 Å². The van der Waals surface area contributed by atoms with Crippen LogP contribution in [-0.2, 0) is 32.7 Å². The molecule has 0 aromatic carbocycles. The highest BCUT2D eigenvalue weighted by molar-refractivity contribution is 7.47. The second-order valence-electron chi connectivity index (χ2n) is 15.0. The molecule has 0 bridgehead atoms. The molecule has 0 rings (SSSR count). The van der Waals surface area contributed by atoms with E-state index in [2.05, 4.69) is 91.3 Å². The lowest BCUT2D eigenvalue weighted by atomic mass is 10.1. The zero-order valence-electron chi connectivity index (χ0n) is 36.9. The van der Waals surface area contributed by atoms with Gasteiger partial charge in [0.1, 0.15) is 12.7 Å². The molecule has 0 aromatic rings. The van der Waals surface area contributed by atoms with E-state index < -0.39 is 51.8 Å². The number of hydrogen-bond donors (Lipinski definition) is 3. The Balaban J connectivity index is 4.30. The van der Waals surface area contributed by atoms with Gasteiger partial charge in [-0.15, -0.1) is 0 Å². The maximum Gasteiger partial charge on any atom is 0.472 e. The number of esters is 2. The van der Waals surface area contributed by atoms with E-state index in [-0.39, 0.29) is 19.4 Å². The first kappa shape index (κ1) is 56.4. The number of carbonyl (C=O) groups excluding carboxylic acids is 2. The number of aliphatic hydroxyl groups excluding tert-OH is 2. The van der Waals surface area contributed by atoms with Gasteiger partial charge in [-0.3, -0.25) is 18.6 Å². The minimum absolute atomic E-state index is 0.128. The number of aliphatic hydroxyl groups is 2. The number of unbranched alkanes of at least 4 members (excludes halogenated alkanes) is 16. The molecule has 0 aliphatic carbocycles. The van der Waals surface area contributed by atoms with Crippen LogP contribution in [0.25, 0.3) is 0 Å². The number of carbonyl (C=O) groups is 2. The van der Waals surface area contributed by atoms with Crippen LogP contribution in [-0.4, -0.2) is 65.7 Å². The third-order valence-electron chi connectivity index (χ3n) is 9.34. The Hall–Kier alpha value is -2.59. The lowest BCUT2D eigenvalue weighted by Gasteiger charge is -2.20. The van der Waals surface area contributed by atoms with Crippen LogP contribution in [0.1, 0.15) is 181 Å². The fourth-order valence-electron chi connectivity index (χ4n) is 5.84. The van der Waals surface area contributed by atoms with Crippen LogP contribution in [0.3, 0.4) is 0 Å². The van der Waals surface area contributed by atoms with Gasteiger partial charge in [-0.05, 0) is 83.5 Å². The highest BCUT2D eigenvalue weighted by atomic mass is 31.2. The van der Waals surface area contributed by atoms with E-state index in [9.17, 15) is 24.2 Å². The van der Waals surface area contributed by atoms with Crippen LogP contribution < -0.4 is 0 Å². The van der Waals surface area contributed by atoms with Crippen molar-refractivity contribution < 1.29 is 47.8 Å². The molecule has 0 amide bonds. The van der Waals surface area contributed by atoms with Crippen LogP contribution in [0.2, 0.25) is 0 Å². The number of allylic oxidation sites excluding steroid dienone is 12. The molecule has 11 heteroatoms. The number of hydrogen-bond acceptors (Lipinski definition) is 9. The van der Waals surface area contributed by atoms with Gasteiger partial charge in [-0.1, -0.05) is 157 Å². The zero-order valence-corrected chi connectivity index (χ0v) is 37.8. The van der Waals surface area contributed by atoms with Gasteiger partial charge in [-0.2, -0.15) is 0 Å². The summed E-state index contributed by atoms with van der Waals surface area (Å²) < 4.78 is 32.7. The van der Waals surface area contributed by atoms with Gasteiger partial charge < -0.3 is 24.6 Å². The summed E-state index contributed by atoms with van der Waals surface area (Å²) in [5, 5.41) is 18.3. The summed E-state index contributed by atoms with van der Waals surface area (Å²) in [6, 6.07) is 0. The molecule has 0 fully saturated rings. The summed E-state index contributed by atoms with van der Waals surface area (Å²) in [7, 11) is -4.64. The summed E-state index contributed by atoms with van der Waals surface area (Å²) in [4.78, 5) is 35.0. The second-order valence-corrected chi connectivity index (χ2v) is 16.5. The van der Waals surface area contributed by atoms with Gasteiger partial charge in [-0.25, -0.2) is 4.57 Å². The summed E-state index contributed by atoms with van der Waals surface area (Å²) in [5.74, 6) is -0.982. The summed E-state index contributed by atoms with van der Waals surface area (Å²) in [6.45, 7) is 2.20. The van der Waals surface area contributed by atoms with Gasteiger partial charge in [0.05, 0.1) is 19.8 Å². The molecule has 0 radical (unpaired) electrons. The molecular weight excluding hydrogens is 767 g/mol. The molecule has 3 unspecified atom stereocenters. The van der Waals surface area contributed by atoms with E-state index >= 15 is 0 Å². The lowest BCUT2D eigenvalue weighted by molar-refractivity contribution is -0.161. The molecular formula is C48H83O10P. The van der Waals surface area contributed by atoms with Crippen molar-refractivity contribution in [1.29, 1.82) is 0 Å². The quantitative estimate of drug-likeness (QED) is 0.0234. The number of phosphoric acid groups is 1. The molecule has 3 atom stereocenters. The van der Waals surface area contributed by atoms with Crippen molar-refractivity contribution in [3.8, 4) is 0 Å². The highest BCUT2D eigenvalue weighted by Gasteiger charge is 2.27. The van der Waals surface area contributed by atoms with Crippen LogP contribution in [0, 0.1) is 0 Å². The zero-order chi connectivity index (χ0) is 43.3. The predicted molar refractivity (Wildman–Crippen MR) is 242 cm³/mol. The first-order valence-corrected chi connectivity index (χ1v) is 24.4. The van der Waals surface area contributed by atoms with Crippen molar-refractivity contribution in [3.63, 3.8) is 0 Å². The van der Waals surface area contributed by atoms with Crippen LogP contribution in [0.5, 0.6) is 0 Å². The Morgan fingerprint density at radius 1 is 0.525 bits per heavy atom. The minimum Gasteiger partial charge on any atom is -0.462 e. The molecule has 0 aliphatic rings. The largest absolute Gasteiger partial charge is 0.472 e. The van der Waals surface area contributed by atoms with Gasteiger partial charge in [0.25, 0.3) is 0 Å². The second kappa shape index (κ2) is 43.5. The van der Waals surface area contributed by atoms with Gasteiger partial charge in [0.15, 0.2) is 6.10 Å². The number of rotatable bonds is 42. The summed E-state index contributed by atoms with van der Waals surface area (Å²) in [5.41, 5.74) is 0. The molecule has 59 heavy (non-hydrogen) atoms. The monoisotopic (exact) mass is 851 g/mol. The molecule has 0 saturated carbocycles.